The summed E-state index contributed by atoms with van der Waals surface area (Å²) in [6.45, 7) is 1.19. The Morgan fingerprint density at radius 3 is 3.00 bits per heavy atom. The molecule has 1 heterocycles. The number of aliphatic carboxylic acids is 1. The molecule has 0 saturated heterocycles. The third-order valence-electron chi connectivity index (χ3n) is 2.76. The van der Waals surface area contributed by atoms with Crippen molar-refractivity contribution in [1.82, 2.24) is 9.88 Å². The molecule has 2 aromatic rings. The Morgan fingerprint density at radius 2 is 2.30 bits per heavy atom. The van der Waals surface area contributed by atoms with Crippen LogP contribution >= 0.6 is 27.3 Å². The lowest BCUT2D eigenvalue weighted by Gasteiger charge is -2.13. The minimum Gasteiger partial charge on any atom is -0.481 e. The highest BCUT2D eigenvalue weighted by Crippen LogP contribution is 2.26. The zero-order valence-corrected chi connectivity index (χ0v) is 13.4. The molecule has 0 fully saturated rings. The highest BCUT2D eigenvalue weighted by atomic mass is 79.9. The summed E-state index contributed by atoms with van der Waals surface area (Å²) in [5.74, 6) is -0.773. The number of halogens is 1. The molecule has 106 valence electrons. The molecule has 0 amide bonds. The molecule has 4 nitrogen and oxygen atoms in total. The molecule has 2 rings (SSSR count). The van der Waals surface area contributed by atoms with E-state index in [1.54, 1.807) is 11.3 Å². The van der Waals surface area contributed by atoms with Crippen LogP contribution in [0.4, 0.5) is 0 Å². The molecule has 0 aliphatic heterocycles. The number of carboxylic acids is 1. The van der Waals surface area contributed by atoms with Gasteiger partial charge in [0.25, 0.3) is 0 Å². The van der Waals surface area contributed by atoms with Crippen molar-refractivity contribution in [1.29, 1.82) is 0 Å². The van der Waals surface area contributed by atoms with Crippen molar-refractivity contribution in [2.45, 2.75) is 13.0 Å². The van der Waals surface area contributed by atoms with Gasteiger partial charge in [-0.1, -0.05) is 28.1 Å². The standard InChI is InChI=1S/C14H15BrN2O2S/c1-17(6-5-13(18)19)8-12-9-20-14(16-12)10-3-2-4-11(15)7-10/h2-4,7,9H,5-6,8H2,1H3,(H,18,19). The molecule has 0 unspecified atom stereocenters. The van der Waals surface area contributed by atoms with Crippen LogP contribution < -0.4 is 0 Å². The number of nitrogens with zero attached hydrogens (tertiary/aromatic N) is 2. The summed E-state index contributed by atoms with van der Waals surface area (Å²) >= 11 is 5.06. The maximum atomic E-state index is 10.5. The molecule has 1 aromatic carbocycles. The van der Waals surface area contributed by atoms with Crippen LogP contribution in [0.1, 0.15) is 12.1 Å². The van der Waals surface area contributed by atoms with Crippen LogP contribution in [0.2, 0.25) is 0 Å². The second-order valence-corrected chi connectivity index (χ2v) is 6.31. The van der Waals surface area contributed by atoms with E-state index < -0.39 is 5.97 Å². The number of hydrogen-bond acceptors (Lipinski definition) is 4. The molecule has 0 aliphatic carbocycles. The topological polar surface area (TPSA) is 53.4 Å². The van der Waals surface area contributed by atoms with Gasteiger partial charge in [-0.05, 0) is 19.2 Å². The zero-order chi connectivity index (χ0) is 14.5. The van der Waals surface area contributed by atoms with Crippen LogP contribution in [0.25, 0.3) is 10.6 Å². The summed E-state index contributed by atoms with van der Waals surface area (Å²) in [6.07, 6.45) is 0.152. The van der Waals surface area contributed by atoms with E-state index in [4.69, 9.17) is 5.11 Å². The molecule has 0 aliphatic rings. The minimum atomic E-state index is -0.773. The van der Waals surface area contributed by atoms with E-state index in [2.05, 4.69) is 20.9 Å². The molecular formula is C14H15BrN2O2S. The fourth-order valence-electron chi connectivity index (χ4n) is 1.78. The van der Waals surface area contributed by atoms with E-state index in [9.17, 15) is 4.79 Å². The number of carbonyl (C=O) groups is 1. The second kappa shape index (κ2) is 6.97. The van der Waals surface area contributed by atoms with E-state index in [0.717, 1.165) is 20.7 Å². The van der Waals surface area contributed by atoms with Gasteiger partial charge in [0.1, 0.15) is 5.01 Å². The van der Waals surface area contributed by atoms with Gasteiger partial charge in [0.05, 0.1) is 12.1 Å². The van der Waals surface area contributed by atoms with Crippen LogP contribution in [0, 0.1) is 0 Å². The molecule has 6 heteroatoms. The van der Waals surface area contributed by atoms with Crippen LogP contribution in [0.5, 0.6) is 0 Å². The van der Waals surface area contributed by atoms with Crippen LogP contribution in [0.3, 0.4) is 0 Å². The van der Waals surface area contributed by atoms with Gasteiger partial charge in [-0.3, -0.25) is 9.69 Å². The van der Waals surface area contributed by atoms with Gasteiger partial charge < -0.3 is 5.11 Å². The maximum Gasteiger partial charge on any atom is 0.304 e. The summed E-state index contributed by atoms with van der Waals surface area (Å²) in [4.78, 5) is 17.1. The molecule has 0 spiro atoms. The average Bonchev–Trinajstić information content (AvgIpc) is 2.85. The predicted octanol–water partition coefficient (Wildman–Crippen LogP) is 3.48. The lowest BCUT2D eigenvalue weighted by Crippen LogP contribution is -2.21. The molecule has 0 bridgehead atoms. The van der Waals surface area contributed by atoms with Crippen molar-refractivity contribution in [3.05, 3.63) is 39.8 Å². The fourth-order valence-corrected chi connectivity index (χ4v) is 2.98. The fraction of sp³-hybridized carbons (Fsp3) is 0.286. The van der Waals surface area contributed by atoms with Crippen molar-refractivity contribution in [3.8, 4) is 10.6 Å². The quantitative estimate of drug-likeness (QED) is 0.862. The van der Waals surface area contributed by atoms with E-state index in [0.29, 0.717) is 13.1 Å². The van der Waals surface area contributed by atoms with Gasteiger partial charge in [-0.2, -0.15) is 0 Å². The van der Waals surface area contributed by atoms with Crippen molar-refractivity contribution < 1.29 is 9.90 Å². The summed E-state index contributed by atoms with van der Waals surface area (Å²) in [7, 11) is 1.90. The highest BCUT2D eigenvalue weighted by Gasteiger charge is 2.08. The lowest BCUT2D eigenvalue weighted by molar-refractivity contribution is -0.137. The van der Waals surface area contributed by atoms with Gasteiger partial charge in [-0.15, -0.1) is 11.3 Å². The van der Waals surface area contributed by atoms with Crippen molar-refractivity contribution in [2.75, 3.05) is 13.6 Å². The Bertz CT molecular complexity index is 600. The first kappa shape index (κ1) is 15.2. The van der Waals surface area contributed by atoms with Gasteiger partial charge >= 0.3 is 5.97 Å². The normalized spacial score (nSPS) is 10.9. The number of benzene rings is 1. The Morgan fingerprint density at radius 1 is 1.50 bits per heavy atom. The van der Waals surface area contributed by atoms with Crippen LogP contribution in [-0.2, 0) is 11.3 Å². The molecule has 1 N–H and O–H groups in total. The summed E-state index contributed by atoms with van der Waals surface area (Å²) < 4.78 is 1.03. The van der Waals surface area contributed by atoms with Crippen LogP contribution in [-0.4, -0.2) is 34.6 Å². The summed E-state index contributed by atoms with van der Waals surface area (Å²) in [5.41, 5.74) is 2.06. The van der Waals surface area contributed by atoms with E-state index in [-0.39, 0.29) is 6.42 Å². The number of thiazole rings is 1. The van der Waals surface area contributed by atoms with Crippen molar-refractivity contribution >= 4 is 33.2 Å². The predicted molar refractivity (Wildman–Crippen MR) is 83.8 cm³/mol. The van der Waals surface area contributed by atoms with Gasteiger partial charge in [0, 0.05) is 28.5 Å². The van der Waals surface area contributed by atoms with Gasteiger partial charge in [-0.25, -0.2) is 4.98 Å². The Balaban J connectivity index is 2.00. The third-order valence-corrected chi connectivity index (χ3v) is 4.20. The SMILES string of the molecule is CN(CCC(=O)O)Cc1csc(-c2cccc(Br)c2)n1. The first-order valence-corrected chi connectivity index (χ1v) is 7.82. The third kappa shape index (κ3) is 4.40. The zero-order valence-electron chi connectivity index (χ0n) is 11.0. The smallest absolute Gasteiger partial charge is 0.304 e. The molecule has 0 radical (unpaired) electrons. The molecule has 0 saturated carbocycles. The van der Waals surface area contributed by atoms with Crippen molar-refractivity contribution in [3.63, 3.8) is 0 Å². The van der Waals surface area contributed by atoms with E-state index in [1.807, 2.05) is 41.6 Å². The summed E-state index contributed by atoms with van der Waals surface area (Å²) in [5, 5.41) is 11.7. The van der Waals surface area contributed by atoms with E-state index in [1.165, 1.54) is 0 Å². The number of hydrogen-bond donors (Lipinski definition) is 1. The molecule has 0 atom stereocenters. The molecule has 20 heavy (non-hydrogen) atoms. The minimum absolute atomic E-state index is 0.152. The number of rotatable bonds is 6. The number of carboxylic acid groups (broad SMARTS) is 1. The largest absolute Gasteiger partial charge is 0.481 e. The Labute approximate surface area is 130 Å². The lowest BCUT2D eigenvalue weighted by atomic mass is 10.2. The van der Waals surface area contributed by atoms with Crippen molar-refractivity contribution in [2.24, 2.45) is 0 Å². The number of aromatic nitrogens is 1. The summed E-state index contributed by atoms with van der Waals surface area (Å²) in [6, 6.07) is 8.04. The van der Waals surface area contributed by atoms with Gasteiger partial charge in [0.2, 0.25) is 0 Å². The monoisotopic (exact) mass is 354 g/mol. The highest BCUT2D eigenvalue weighted by molar-refractivity contribution is 9.10. The van der Waals surface area contributed by atoms with E-state index >= 15 is 0 Å². The van der Waals surface area contributed by atoms with Crippen LogP contribution in [0.15, 0.2) is 34.1 Å². The van der Waals surface area contributed by atoms with Gasteiger partial charge in [0.15, 0.2) is 0 Å². The molecule has 1 aromatic heterocycles. The first-order chi connectivity index (χ1) is 9.54. The first-order valence-electron chi connectivity index (χ1n) is 6.15. The average molecular weight is 355 g/mol. The maximum absolute atomic E-state index is 10.5. The molecular weight excluding hydrogens is 340 g/mol. The Kier molecular flexibility index (Phi) is 5.28. The second-order valence-electron chi connectivity index (χ2n) is 4.54. The Hall–Kier alpha value is -1.24.